The van der Waals surface area contributed by atoms with Gasteiger partial charge in [0.1, 0.15) is 21.1 Å². The monoisotopic (exact) mass is 738 g/mol. The van der Waals surface area contributed by atoms with E-state index in [-0.39, 0.29) is 71.9 Å². The minimum Gasteiger partial charge on any atom is -1.00 e. The van der Waals surface area contributed by atoms with Crippen LogP contribution in [-0.4, -0.2) is 0 Å². The molecular weight excluding hydrogens is 717 g/mol. The van der Waals surface area contributed by atoms with Crippen molar-refractivity contribution in [2.45, 2.75) is 0 Å². The Morgan fingerprint density at radius 2 is 0.633 bits per heavy atom. The summed E-state index contributed by atoms with van der Waals surface area (Å²) in [6, 6.07) is 16.8. The van der Waals surface area contributed by atoms with Crippen molar-refractivity contribution < 1.29 is 85.6 Å². The van der Waals surface area contributed by atoms with Crippen molar-refractivity contribution in [3.8, 4) is 18.2 Å². The summed E-state index contributed by atoms with van der Waals surface area (Å²) in [4.78, 5) is 0. The van der Waals surface area contributed by atoms with Crippen molar-refractivity contribution in [2.24, 2.45) is 21.1 Å². The SMILES string of the molecule is C[n+]1ccc(C#N)cc1.C[n+]1ccc(C#N)cc1.C[n+]1ccc(C#N)cc1.[I-].[I-].[I-]. The van der Waals surface area contributed by atoms with Crippen molar-refractivity contribution in [3.63, 3.8) is 0 Å². The lowest BCUT2D eigenvalue weighted by Gasteiger charge is -1.83. The van der Waals surface area contributed by atoms with Crippen molar-refractivity contribution in [2.75, 3.05) is 0 Å². The van der Waals surface area contributed by atoms with Crippen LogP contribution in [0, 0.1) is 34.0 Å². The summed E-state index contributed by atoms with van der Waals surface area (Å²) in [5.74, 6) is 0. The summed E-state index contributed by atoms with van der Waals surface area (Å²) in [5, 5.41) is 25.1. The van der Waals surface area contributed by atoms with Crippen LogP contribution < -0.4 is 85.6 Å². The molecule has 0 bridgehead atoms. The number of hydrogen-bond donors (Lipinski definition) is 0. The molecule has 0 unspecified atom stereocenters. The molecule has 0 spiro atoms. The van der Waals surface area contributed by atoms with E-state index in [1.165, 1.54) is 0 Å². The average molecular weight is 738 g/mol. The number of hydrogen-bond acceptors (Lipinski definition) is 3. The van der Waals surface area contributed by atoms with Crippen LogP contribution >= 0.6 is 0 Å². The molecule has 156 valence electrons. The van der Waals surface area contributed by atoms with Crippen LogP contribution in [-0.2, 0) is 21.1 Å². The fourth-order valence-electron chi connectivity index (χ4n) is 1.73. The highest BCUT2D eigenvalue weighted by molar-refractivity contribution is 5.24. The summed E-state index contributed by atoms with van der Waals surface area (Å²) in [7, 11) is 5.75. The fraction of sp³-hybridized carbons (Fsp3) is 0.143. The lowest BCUT2D eigenvalue weighted by atomic mass is 10.3. The standard InChI is InChI=1S/3C7H7N2.3HI/c3*1-9-4-2-7(6-8)3-5-9;;;/h3*2-5H,1H3;3*1H/q3*+1;;;/p-3. The Bertz CT molecular complexity index is 836. The second kappa shape index (κ2) is 19.1. The Morgan fingerprint density at radius 3 is 0.767 bits per heavy atom. The first-order chi connectivity index (χ1) is 13.0. The van der Waals surface area contributed by atoms with Gasteiger partial charge in [0.15, 0.2) is 37.2 Å². The van der Waals surface area contributed by atoms with Gasteiger partial charge in [-0.1, -0.05) is 0 Å². The number of nitriles is 3. The smallest absolute Gasteiger partial charge is 0.169 e. The molecule has 0 atom stereocenters. The van der Waals surface area contributed by atoms with Crippen LogP contribution in [0.3, 0.4) is 0 Å². The zero-order valence-corrected chi connectivity index (χ0v) is 23.2. The van der Waals surface area contributed by atoms with E-state index in [0.29, 0.717) is 16.7 Å². The van der Waals surface area contributed by atoms with E-state index in [1.54, 1.807) is 36.4 Å². The van der Waals surface area contributed by atoms with Crippen molar-refractivity contribution in [1.82, 2.24) is 0 Å². The quantitative estimate of drug-likeness (QED) is 0.170. The molecule has 3 rings (SSSR count). The summed E-state index contributed by atoms with van der Waals surface area (Å²) >= 11 is 0. The molecule has 0 aliphatic carbocycles. The van der Waals surface area contributed by atoms with E-state index in [2.05, 4.69) is 0 Å². The predicted molar refractivity (Wildman–Crippen MR) is 97.0 cm³/mol. The van der Waals surface area contributed by atoms with Gasteiger partial charge >= 0.3 is 0 Å². The van der Waals surface area contributed by atoms with Crippen LogP contribution in [0.5, 0.6) is 0 Å². The van der Waals surface area contributed by atoms with E-state index in [1.807, 2.05) is 90.2 Å². The van der Waals surface area contributed by atoms with Gasteiger partial charge in [0.05, 0.1) is 34.9 Å². The number of nitrogens with zero attached hydrogens (tertiary/aromatic N) is 6. The average Bonchev–Trinajstić information content (AvgIpc) is 2.71. The third-order valence-corrected chi connectivity index (χ3v) is 3.32. The van der Waals surface area contributed by atoms with Gasteiger partial charge in [-0.3, -0.25) is 0 Å². The molecule has 0 fully saturated rings. The Hall–Kier alpha value is -1.89. The van der Waals surface area contributed by atoms with Crippen LogP contribution in [0.1, 0.15) is 16.7 Å². The molecule has 3 aromatic heterocycles. The topological polar surface area (TPSA) is 83.0 Å². The van der Waals surface area contributed by atoms with E-state index < -0.39 is 0 Å². The van der Waals surface area contributed by atoms with Gasteiger partial charge in [0.2, 0.25) is 0 Å². The Balaban J connectivity index is -0.000000347. The van der Waals surface area contributed by atoms with Crippen LogP contribution in [0.4, 0.5) is 0 Å². The van der Waals surface area contributed by atoms with E-state index in [0.717, 1.165) is 0 Å². The third-order valence-electron chi connectivity index (χ3n) is 3.32. The van der Waals surface area contributed by atoms with Crippen molar-refractivity contribution in [3.05, 3.63) is 90.3 Å². The lowest BCUT2D eigenvalue weighted by Crippen LogP contribution is -3.00. The molecule has 0 saturated heterocycles. The van der Waals surface area contributed by atoms with Gasteiger partial charge in [-0.2, -0.15) is 15.8 Å². The molecule has 30 heavy (non-hydrogen) atoms. The van der Waals surface area contributed by atoms with Gasteiger partial charge in [0, 0.05) is 36.4 Å². The Morgan fingerprint density at radius 1 is 0.467 bits per heavy atom. The third kappa shape index (κ3) is 14.1. The first-order valence-corrected chi connectivity index (χ1v) is 8.04. The second-order valence-corrected chi connectivity index (χ2v) is 5.59. The molecule has 3 aromatic rings. The van der Waals surface area contributed by atoms with Gasteiger partial charge in [-0.05, 0) is 0 Å². The molecule has 9 heteroatoms. The number of rotatable bonds is 0. The largest absolute Gasteiger partial charge is 1.00 e. The number of aryl methyl sites for hydroxylation is 3. The normalized spacial score (nSPS) is 7.60. The highest BCUT2D eigenvalue weighted by atomic mass is 127. The summed E-state index contributed by atoms with van der Waals surface area (Å²) in [6.45, 7) is 0. The Labute approximate surface area is 229 Å². The number of halogens is 3. The van der Waals surface area contributed by atoms with E-state index in [9.17, 15) is 0 Å². The maximum absolute atomic E-state index is 8.37. The fourth-order valence-corrected chi connectivity index (χ4v) is 1.73. The molecule has 6 nitrogen and oxygen atoms in total. The van der Waals surface area contributed by atoms with Gasteiger partial charge in [0.25, 0.3) is 0 Å². The molecule has 0 aliphatic heterocycles. The first-order valence-electron chi connectivity index (χ1n) is 8.04. The number of pyridine rings is 3. The molecule has 0 saturated carbocycles. The summed E-state index contributed by atoms with van der Waals surface area (Å²) in [5.41, 5.74) is 2.11. The van der Waals surface area contributed by atoms with Crippen molar-refractivity contribution >= 4 is 0 Å². The lowest BCUT2D eigenvalue weighted by molar-refractivity contribution is -0.671. The zero-order chi connectivity index (χ0) is 20.1. The molecule has 0 amide bonds. The molecule has 0 radical (unpaired) electrons. The van der Waals surface area contributed by atoms with E-state index in [4.69, 9.17) is 15.8 Å². The maximum atomic E-state index is 8.37. The minimum absolute atomic E-state index is 0. The Kier molecular flexibility index (Phi) is 20.9. The highest BCUT2D eigenvalue weighted by Gasteiger charge is 1.92. The van der Waals surface area contributed by atoms with Gasteiger partial charge in [-0.15, -0.1) is 0 Å². The summed E-state index contributed by atoms with van der Waals surface area (Å²) < 4.78 is 5.67. The molecule has 0 aromatic carbocycles. The molecule has 0 aliphatic rings. The van der Waals surface area contributed by atoms with Crippen LogP contribution in [0.2, 0.25) is 0 Å². The second-order valence-electron chi connectivity index (χ2n) is 5.59. The zero-order valence-electron chi connectivity index (χ0n) is 16.7. The molecule has 0 N–H and O–H groups in total. The highest BCUT2D eigenvalue weighted by Crippen LogP contribution is 1.90. The van der Waals surface area contributed by atoms with E-state index >= 15 is 0 Å². The number of aromatic nitrogens is 3. The van der Waals surface area contributed by atoms with Gasteiger partial charge in [-0.25, -0.2) is 13.7 Å². The summed E-state index contributed by atoms with van der Waals surface area (Å²) in [6.07, 6.45) is 11.1. The van der Waals surface area contributed by atoms with Gasteiger partial charge < -0.3 is 71.9 Å². The molecular formula is C21H21I3N6. The van der Waals surface area contributed by atoms with Crippen LogP contribution in [0.25, 0.3) is 0 Å². The predicted octanol–water partition coefficient (Wildman–Crippen LogP) is -7.84. The first kappa shape index (κ1) is 32.8. The minimum atomic E-state index is 0. The molecule has 3 heterocycles. The van der Waals surface area contributed by atoms with Crippen molar-refractivity contribution in [1.29, 1.82) is 15.8 Å². The van der Waals surface area contributed by atoms with Crippen LogP contribution in [0.15, 0.2) is 73.6 Å². The maximum Gasteiger partial charge on any atom is 0.169 e.